The highest BCUT2D eigenvalue weighted by Crippen LogP contribution is 2.14. The van der Waals surface area contributed by atoms with E-state index in [4.69, 9.17) is 5.73 Å². The van der Waals surface area contributed by atoms with Gasteiger partial charge in [-0.2, -0.15) is 10.2 Å². The molecule has 0 spiro atoms. The highest BCUT2D eigenvalue weighted by atomic mass is 15.1. The quantitative estimate of drug-likeness (QED) is 0.526. The Kier molecular flexibility index (Phi) is 2.58. The number of hydrogen-bond acceptors (Lipinski definition) is 3. The van der Waals surface area contributed by atoms with Crippen molar-refractivity contribution in [3.63, 3.8) is 0 Å². The predicted molar refractivity (Wildman–Crippen MR) is 50.2 cm³/mol. The van der Waals surface area contributed by atoms with Gasteiger partial charge < -0.3 is 5.73 Å². The first-order chi connectivity index (χ1) is 5.68. The highest BCUT2D eigenvalue weighted by molar-refractivity contribution is 5.47. The van der Waals surface area contributed by atoms with Crippen LogP contribution in [0.25, 0.3) is 0 Å². The monoisotopic (exact) mass is 161 g/mol. The third-order valence-corrected chi connectivity index (χ3v) is 1.23. The molecule has 3 nitrogen and oxygen atoms in total. The SMILES string of the molecule is C=C(C)/N=N/c1ccc(N)cc1. The van der Waals surface area contributed by atoms with Crippen molar-refractivity contribution >= 4 is 11.4 Å². The van der Waals surface area contributed by atoms with Crippen LogP contribution in [-0.4, -0.2) is 0 Å². The lowest BCUT2D eigenvalue weighted by Gasteiger charge is -1.92. The van der Waals surface area contributed by atoms with Gasteiger partial charge in [0, 0.05) is 5.69 Å². The Morgan fingerprint density at radius 1 is 1.33 bits per heavy atom. The molecule has 12 heavy (non-hydrogen) atoms. The van der Waals surface area contributed by atoms with Gasteiger partial charge in [-0.25, -0.2) is 0 Å². The zero-order valence-corrected chi connectivity index (χ0v) is 6.99. The summed E-state index contributed by atoms with van der Waals surface area (Å²) < 4.78 is 0. The lowest BCUT2D eigenvalue weighted by Crippen LogP contribution is -1.80. The van der Waals surface area contributed by atoms with Gasteiger partial charge in [0.2, 0.25) is 0 Å². The second-order valence-electron chi connectivity index (χ2n) is 2.53. The van der Waals surface area contributed by atoms with Crippen LogP contribution in [0.2, 0.25) is 0 Å². The van der Waals surface area contributed by atoms with E-state index in [2.05, 4.69) is 16.8 Å². The van der Waals surface area contributed by atoms with E-state index in [-0.39, 0.29) is 0 Å². The second kappa shape index (κ2) is 3.67. The van der Waals surface area contributed by atoms with E-state index in [9.17, 15) is 0 Å². The summed E-state index contributed by atoms with van der Waals surface area (Å²) in [6.07, 6.45) is 0. The van der Waals surface area contributed by atoms with Crippen LogP contribution in [0.5, 0.6) is 0 Å². The molecule has 0 unspecified atom stereocenters. The molecule has 1 aromatic carbocycles. The standard InChI is InChI=1S/C9H11N3/c1-7(2)11-12-9-5-3-8(10)4-6-9/h3-6H,1,10H2,2H3/b12-11+. The molecule has 1 aromatic rings. The molecule has 0 aromatic heterocycles. The number of allylic oxidation sites excluding steroid dienone is 1. The van der Waals surface area contributed by atoms with E-state index in [0.29, 0.717) is 5.70 Å². The first kappa shape index (κ1) is 8.46. The number of anilines is 1. The highest BCUT2D eigenvalue weighted by Gasteiger charge is 1.87. The summed E-state index contributed by atoms with van der Waals surface area (Å²) in [7, 11) is 0. The molecule has 0 amide bonds. The Morgan fingerprint density at radius 2 is 1.92 bits per heavy atom. The first-order valence-electron chi connectivity index (χ1n) is 3.61. The van der Waals surface area contributed by atoms with Crippen molar-refractivity contribution in [1.82, 2.24) is 0 Å². The molecule has 0 saturated carbocycles. The normalized spacial score (nSPS) is 10.4. The number of azo groups is 1. The summed E-state index contributed by atoms with van der Waals surface area (Å²) in [5.74, 6) is 0. The molecular weight excluding hydrogens is 150 g/mol. The molecule has 0 radical (unpaired) electrons. The van der Waals surface area contributed by atoms with E-state index < -0.39 is 0 Å². The van der Waals surface area contributed by atoms with E-state index in [1.54, 1.807) is 19.1 Å². The Bertz CT molecular complexity index is 298. The van der Waals surface area contributed by atoms with E-state index in [1.807, 2.05) is 12.1 Å². The molecule has 62 valence electrons. The fourth-order valence-corrected chi connectivity index (χ4v) is 0.684. The largest absolute Gasteiger partial charge is 0.399 e. The maximum absolute atomic E-state index is 5.49. The van der Waals surface area contributed by atoms with Gasteiger partial charge in [-0.3, -0.25) is 0 Å². The predicted octanol–water partition coefficient (Wildman–Crippen LogP) is 2.89. The third-order valence-electron chi connectivity index (χ3n) is 1.23. The van der Waals surface area contributed by atoms with Gasteiger partial charge >= 0.3 is 0 Å². The van der Waals surface area contributed by atoms with Gasteiger partial charge in [-0.05, 0) is 31.2 Å². The number of nitrogens with two attached hydrogens (primary N) is 1. The summed E-state index contributed by atoms with van der Waals surface area (Å²) in [5, 5.41) is 7.73. The van der Waals surface area contributed by atoms with Crippen molar-refractivity contribution in [2.75, 3.05) is 5.73 Å². The molecular formula is C9H11N3. The molecule has 0 aliphatic carbocycles. The first-order valence-corrected chi connectivity index (χ1v) is 3.61. The lowest BCUT2D eigenvalue weighted by atomic mass is 10.3. The molecule has 1 rings (SSSR count). The fraction of sp³-hybridized carbons (Fsp3) is 0.111. The molecule has 0 aliphatic rings. The van der Waals surface area contributed by atoms with Crippen LogP contribution in [0.1, 0.15) is 6.92 Å². The van der Waals surface area contributed by atoms with E-state index >= 15 is 0 Å². The average Bonchev–Trinajstić information content (AvgIpc) is 2.03. The second-order valence-corrected chi connectivity index (χ2v) is 2.53. The van der Waals surface area contributed by atoms with Crippen molar-refractivity contribution in [2.45, 2.75) is 6.92 Å². The van der Waals surface area contributed by atoms with Gasteiger partial charge in [-0.1, -0.05) is 6.58 Å². The molecule has 0 fully saturated rings. The van der Waals surface area contributed by atoms with Crippen LogP contribution in [0, 0.1) is 0 Å². The summed E-state index contributed by atoms with van der Waals surface area (Å²) in [5.41, 5.74) is 7.69. The molecule has 0 aliphatic heterocycles. The van der Waals surface area contributed by atoms with Gasteiger partial charge in [0.05, 0.1) is 11.4 Å². The number of rotatable bonds is 2. The van der Waals surface area contributed by atoms with Crippen LogP contribution >= 0.6 is 0 Å². The maximum Gasteiger partial charge on any atom is 0.0858 e. The fourth-order valence-electron chi connectivity index (χ4n) is 0.684. The third kappa shape index (κ3) is 2.54. The summed E-state index contributed by atoms with van der Waals surface area (Å²) >= 11 is 0. The van der Waals surface area contributed by atoms with E-state index in [0.717, 1.165) is 11.4 Å². The molecule has 3 heteroatoms. The number of nitrogen functional groups attached to an aromatic ring is 1. The van der Waals surface area contributed by atoms with Crippen LogP contribution in [-0.2, 0) is 0 Å². The van der Waals surface area contributed by atoms with Crippen molar-refractivity contribution in [3.8, 4) is 0 Å². The molecule has 0 bridgehead atoms. The Morgan fingerprint density at radius 3 is 2.42 bits per heavy atom. The average molecular weight is 161 g/mol. The van der Waals surface area contributed by atoms with Gasteiger partial charge in [0.15, 0.2) is 0 Å². The Balaban J connectivity index is 2.77. The topological polar surface area (TPSA) is 50.7 Å². The van der Waals surface area contributed by atoms with Gasteiger partial charge in [0.1, 0.15) is 0 Å². The number of hydrogen-bond donors (Lipinski definition) is 1. The summed E-state index contributed by atoms with van der Waals surface area (Å²) in [4.78, 5) is 0. The minimum Gasteiger partial charge on any atom is -0.399 e. The van der Waals surface area contributed by atoms with Crippen LogP contribution < -0.4 is 5.73 Å². The molecule has 0 saturated heterocycles. The number of benzene rings is 1. The van der Waals surface area contributed by atoms with Crippen molar-refractivity contribution < 1.29 is 0 Å². The lowest BCUT2D eigenvalue weighted by molar-refractivity contribution is 1.14. The molecule has 2 N–H and O–H groups in total. The maximum atomic E-state index is 5.49. The zero-order chi connectivity index (χ0) is 8.97. The van der Waals surface area contributed by atoms with Crippen molar-refractivity contribution in [3.05, 3.63) is 36.5 Å². The van der Waals surface area contributed by atoms with Crippen molar-refractivity contribution in [1.29, 1.82) is 0 Å². The Hall–Kier alpha value is -1.64. The van der Waals surface area contributed by atoms with Gasteiger partial charge in [0.25, 0.3) is 0 Å². The zero-order valence-electron chi connectivity index (χ0n) is 6.99. The Labute approximate surface area is 71.6 Å². The van der Waals surface area contributed by atoms with Gasteiger partial charge in [-0.15, -0.1) is 0 Å². The summed E-state index contributed by atoms with van der Waals surface area (Å²) in [6, 6.07) is 7.18. The molecule has 0 atom stereocenters. The van der Waals surface area contributed by atoms with Crippen LogP contribution in [0.3, 0.4) is 0 Å². The number of nitrogens with zero attached hydrogens (tertiary/aromatic N) is 2. The van der Waals surface area contributed by atoms with E-state index in [1.165, 1.54) is 0 Å². The van der Waals surface area contributed by atoms with Crippen LogP contribution in [0.4, 0.5) is 11.4 Å². The smallest absolute Gasteiger partial charge is 0.0858 e. The molecule has 0 heterocycles. The van der Waals surface area contributed by atoms with Crippen LogP contribution in [0.15, 0.2) is 46.8 Å². The minimum absolute atomic E-state index is 0.687. The summed E-state index contributed by atoms with van der Waals surface area (Å²) in [6.45, 7) is 5.40. The van der Waals surface area contributed by atoms with Crippen molar-refractivity contribution in [2.24, 2.45) is 10.2 Å². The minimum atomic E-state index is 0.687.